The fourth-order valence-corrected chi connectivity index (χ4v) is 2.56. The number of nitrogens with one attached hydrogen (secondary N) is 2. The molecule has 4 N–H and O–H groups in total. The lowest BCUT2D eigenvalue weighted by molar-refractivity contribution is 0.0847. The third kappa shape index (κ3) is 3.52. The van der Waals surface area contributed by atoms with Crippen LogP contribution in [-0.4, -0.2) is 23.9 Å². The van der Waals surface area contributed by atoms with E-state index in [1.165, 1.54) is 13.3 Å². The molecule has 3 aromatic rings. The summed E-state index contributed by atoms with van der Waals surface area (Å²) in [5.74, 6) is -0.551. The number of fused-ring (bicyclic) bond motifs is 1. The summed E-state index contributed by atoms with van der Waals surface area (Å²) in [7, 11) is 1.50. The lowest BCUT2D eigenvalue weighted by Gasteiger charge is -2.11. The molecule has 3 rings (SSSR count). The highest BCUT2D eigenvalue weighted by molar-refractivity contribution is 6.31. The molecule has 2 amide bonds. The summed E-state index contributed by atoms with van der Waals surface area (Å²) in [5.41, 5.74) is 12.0. The van der Waals surface area contributed by atoms with E-state index in [0.29, 0.717) is 27.2 Å². The van der Waals surface area contributed by atoms with E-state index in [0.717, 1.165) is 0 Å². The van der Waals surface area contributed by atoms with Gasteiger partial charge >= 0.3 is 0 Å². The summed E-state index contributed by atoms with van der Waals surface area (Å²) in [6, 6.07) is 11.6. The van der Waals surface area contributed by atoms with E-state index >= 15 is 0 Å². The highest BCUT2D eigenvalue weighted by Crippen LogP contribution is 2.25. The molecule has 0 radical (unpaired) electrons. The molecule has 0 unspecified atom stereocenters. The maximum atomic E-state index is 12.3. The second kappa shape index (κ2) is 7.28. The number of halogens is 1. The highest BCUT2D eigenvalue weighted by atomic mass is 35.5. The number of nitrogen functional groups attached to an aromatic ring is 1. The number of amides is 2. The van der Waals surface area contributed by atoms with Crippen molar-refractivity contribution in [2.45, 2.75) is 0 Å². The number of carbonyl (C=O) groups is 2. The van der Waals surface area contributed by atoms with E-state index in [9.17, 15) is 9.59 Å². The number of nitrogens with two attached hydrogens (primary N) is 1. The number of nitrogens with zero attached hydrogens (tertiary/aromatic N) is 1. The molecule has 0 saturated heterocycles. The van der Waals surface area contributed by atoms with E-state index in [2.05, 4.69) is 15.8 Å². The molecule has 26 heavy (non-hydrogen) atoms. The molecule has 0 bridgehead atoms. The first-order chi connectivity index (χ1) is 12.5. The second-order valence-electron chi connectivity index (χ2n) is 5.39. The Morgan fingerprint density at radius 1 is 1.12 bits per heavy atom. The van der Waals surface area contributed by atoms with Crippen LogP contribution in [0.5, 0.6) is 5.75 Å². The van der Waals surface area contributed by atoms with Crippen LogP contribution in [-0.2, 0) is 0 Å². The van der Waals surface area contributed by atoms with Crippen LogP contribution < -0.4 is 21.3 Å². The molecule has 7 nitrogen and oxygen atoms in total. The van der Waals surface area contributed by atoms with Crippen LogP contribution in [0.2, 0.25) is 5.02 Å². The van der Waals surface area contributed by atoms with Crippen molar-refractivity contribution in [3.8, 4) is 5.75 Å². The largest absolute Gasteiger partial charge is 0.497 e. The number of carbonyl (C=O) groups excluding carboxylic acids is 2. The standard InChI is InChI=1S/C18H15ClN4O3/c1-26-12-4-2-3-10(7-12)17(24)22-23-18(25)14-9-21-15-6-5-11(19)8-13(15)16(14)20/h2-9H,1H3,(H2,20,21)(H,22,24)(H,23,25). The van der Waals surface area contributed by atoms with Crippen LogP contribution in [0.25, 0.3) is 10.9 Å². The van der Waals surface area contributed by atoms with Gasteiger partial charge in [-0.15, -0.1) is 0 Å². The Kier molecular flexibility index (Phi) is 4.90. The van der Waals surface area contributed by atoms with Crippen molar-refractivity contribution in [2.75, 3.05) is 12.8 Å². The number of ether oxygens (including phenoxy) is 1. The van der Waals surface area contributed by atoms with Gasteiger partial charge in [0.15, 0.2) is 0 Å². The Morgan fingerprint density at radius 2 is 1.88 bits per heavy atom. The summed E-state index contributed by atoms with van der Waals surface area (Å²) in [4.78, 5) is 28.7. The highest BCUT2D eigenvalue weighted by Gasteiger charge is 2.15. The molecule has 0 aliphatic heterocycles. The van der Waals surface area contributed by atoms with Gasteiger partial charge in [0, 0.05) is 22.2 Å². The van der Waals surface area contributed by atoms with Crippen molar-refractivity contribution in [1.82, 2.24) is 15.8 Å². The van der Waals surface area contributed by atoms with Gasteiger partial charge < -0.3 is 10.5 Å². The third-order valence-corrected chi connectivity index (χ3v) is 3.97. The normalized spacial score (nSPS) is 10.4. The van der Waals surface area contributed by atoms with Crippen LogP contribution in [0.1, 0.15) is 20.7 Å². The number of hydrogen-bond donors (Lipinski definition) is 3. The van der Waals surface area contributed by atoms with Crippen molar-refractivity contribution < 1.29 is 14.3 Å². The summed E-state index contributed by atoms with van der Waals surface area (Å²) < 4.78 is 5.06. The molecule has 132 valence electrons. The summed E-state index contributed by atoms with van der Waals surface area (Å²) >= 11 is 5.97. The van der Waals surface area contributed by atoms with Gasteiger partial charge in [-0.1, -0.05) is 17.7 Å². The first-order valence-corrected chi connectivity index (χ1v) is 7.96. The van der Waals surface area contributed by atoms with Gasteiger partial charge in [-0.05, 0) is 36.4 Å². The smallest absolute Gasteiger partial charge is 0.273 e. The number of hydrogen-bond acceptors (Lipinski definition) is 5. The SMILES string of the molecule is COc1cccc(C(=O)NNC(=O)c2cnc3ccc(Cl)cc3c2N)c1. The second-order valence-corrected chi connectivity index (χ2v) is 5.82. The van der Waals surface area contributed by atoms with Crippen molar-refractivity contribution >= 4 is 40.0 Å². The molecular weight excluding hydrogens is 356 g/mol. The van der Waals surface area contributed by atoms with Gasteiger partial charge in [0.05, 0.1) is 23.9 Å². The van der Waals surface area contributed by atoms with Crippen molar-refractivity contribution in [3.05, 3.63) is 64.8 Å². The predicted molar refractivity (Wildman–Crippen MR) is 99.1 cm³/mol. The summed E-state index contributed by atoms with van der Waals surface area (Å²) in [5, 5.41) is 1.04. The first-order valence-electron chi connectivity index (χ1n) is 7.58. The Morgan fingerprint density at radius 3 is 2.65 bits per heavy atom. The average Bonchev–Trinajstić information content (AvgIpc) is 2.66. The molecule has 0 saturated carbocycles. The molecule has 0 fully saturated rings. The minimum atomic E-state index is -0.590. The van der Waals surface area contributed by atoms with Crippen molar-refractivity contribution in [3.63, 3.8) is 0 Å². The Labute approximate surface area is 154 Å². The van der Waals surface area contributed by atoms with Crippen LogP contribution in [0.4, 0.5) is 5.69 Å². The van der Waals surface area contributed by atoms with E-state index in [-0.39, 0.29) is 11.3 Å². The molecule has 0 aliphatic carbocycles. The maximum absolute atomic E-state index is 12.3. The first kappa shape index (κ1) is 17.5. The van der Waals surface area contributed by atoms with E-state index in [1.807, 2.05) is 0 Å². The molecule has 8 heteroatoms. The Bertz CT molecular complexity index is 1010. The van der Waals surface area contributed by atoms with Gasteiger partial charge in [0.2, 0.25) is 0 Å². The number of anilines is 1. The topological polar surface area (TPSA) is 106 Å². The minimum absolute atomic E-state index is 0.130. The van der Waals surface area contributed by atoms with Crippen molar-refractivity contribution in [2.24, 2.45) is 0 Å². The van der Waals surface area contributed by atoms with Gasteiger partial charge in [-0.3, -0.25) is 25.4 Å². The number of aromatic nitrogens is 1. The monoisotopic (exact) mass is 370 g/mol. The molecule has 1 heterocycles. The summed E-state index contributed by atoms with van der Waals surface area (Å²) in [6.07, 6.45) is 1.35. The van der Waals surface area contributed by atoms with Crippen LogP contribution in [0.3, 0.4) is 0 Å². The number of pyridine rings is 1. The van der Waals surface area contributed by atoms with Crippen LogP contribution >= 0.6 is 11.6 Å². The molecule has 1 aromatic heterocycles. The fourth-order valence-electron chi connectivity index (χ4n) is 2.38. The minimum Gasteiger partial charge on any atom is -0.497 e. The van der Waals surface area contributed by atoms with Crippen LogP contribution in [0, 0.1) is 0 Å². The van der Waals surface area contributed by atoms with Gasteiger partial charge in [0.25, 0.3) is 11.8 Å². The van der Waals surface area contributed by atoms with E-state index < -0.39 is 11.8 Å². The maximum Gasteiger partial charge on any atom is 0.273 e. The molecule has 0 spiro atoms. The van der Waals surface area contributed by atoms with Crippen molar-refractivity contribution in [1.29, 1.82) is 0 Å². The third-order valence-electron chi connectivity index (χ3n) is 3.74. The molecular formula is C18H15ClN4O3. The lowest BCUT2D eigenvalue weighted by atomic mass is 10.1. The molecule has 0 atom stereocenters. The zero-order valence-electron chi connectivity index (χ0n) is 13.7. The predicted octanol–water partition coefficient (Wildman–Crippen LogP) is 2.55. The number of hydrazine groups is 1. The average molecular weight is 371 g/mol. The fraction of sp³-hybridized carbons (Fsp3) is 0.0556. The Hall–Kier alpha value is -3.32. The zero-order valence-corrected chi connectivity index (χ0v) is 14.5. The summed E-state index contributed by atoms with van der Waals surface area (Å²) in [6.45, 7) is 0. The van der Waals surface area contributed by atoms with Crippen LogP contribution in [0.15, 0.2) is 48.7 Å². The quantitative estimate of drug-likeness (QED) is 0.614. The molecule has 2 aromatic carbocycles. The lowest BCUT2D eigenvalue weighted by Crippen LogP contribution is -2.41. The van der Waals surface area contributed by atoms with E-state index in [4.69, 9.17) is 22.1 Å². The number of benzene rings is 2. The number of rotatable bonds is 3. The zero-order chi connectivity index (χ0) is 18.7. The molecule has 0 aliphatic rings. The van der Waals surface area contributed by atoms with E-state index in [1.54, 1.807) is 42.5 Å². The van der Waals surface area contributed by atoms with Gasteiger partial charge in [-0.2, -0.15) is 0 Å². The van der Waals surface area contributed by atoms with Gasteiger partial charge in [0.1, 0.15) is 5.75 Å². The number of methoxy groups -OCH3 is 1. The Balaban J connectivity index is 1.76. The van der Waals surface area contributed by atoms with Gasteiger partial charge in [-0.25, -0.2) is 0 Å².